The Morgan fingerprint density at radius 3 is 2.57 bits per heavy atom. The molecule has 0 saturated carbocycles. The number of hydrogen-bond acceptors (Lipinski definition) is 4. The number of hydrogen-bond donors (Lipinski definition) is 2. The molecular weight excluding hydrogens is 466 g/mol. The zero-order valence-electron chi connectivity index (χ0n) is 20.2. The van der Waals surface area contributed by atoms with E-state index < -0.39 is 24.4 Å². The predicted molar refractivity (Wildman–Crippen MR) is 143 cm³/mol. The molecule has 4 amide bonds. The first-order valence-corrected chi connectivity index (χ1v) is 11.9. The molecule has 37 heavy (non-hydrogen) atoms. The van der Waals surface area contributed by atoms with Gasteiger partial charge in [-0.2, -0.15) is 0 Å². The average Bonchev–Trinajstić information content (AvgIpc) is 3.15. The first-order valence-electron chi connectivity index (χ1n) is 11.9. The Bertz CT molecular complexity index is 1540. The van der Waals surface area contributed by atoms with E-state index in [9.17, 15) is 14.4 Å². The molecule has 7 heteroatoms. The lowest BCUT2D eigenvalue weighted by molar-refractivity contribution is -0.127. The number of rotatable bonds is 7. The van der Waals surface area contributed by atoms with Crippen LogP contribution < -0.4 is 15.4 Å². The van der Waals surface area contributed by atoms with E-state index in [1.54, 1.807) is 18.2 Å². The van der Waals surface area contributed by atoms with Crippen molar-refractivity contribution in [1.29, 1.82) is 0 Å². The van der Waals surface area contributed by atoms with Crippen LogP contribution in [0.5, 0.6) is 5.75 Å². The van der Waals surface area contributed by atoms with Gasteiger partial charge < -0.3 is 15.4 Å². The highest BCUT2D eigenvalue weighted by molar-refractivity contribution is 6.16. The smallest absolute Gasteiger partial charge is 0.329 e. The number of benzene rings is 4. The molecule has 184 valence electrons. The van der Waals surface area contributed by atoms with Crippen LogP contribution in [0.15, 0.2) is 96.7 Å². The lowest BCUT2D eigenvalue weighted by Gasteiger charge is -2.12. The zero-order valence-corrected chi connectivity index (χ0v) is 20.2. The number of urea groups is 1. The zero-order chi connectivity index (χ0) is 25.8. The van der Waals surface area contributed by atoms with Gasteiger partial charge >= 0.3 is 6.03 Å². The summed E-state index contributed by atoms with van der Waals surface area (Å²) in [6.07, 6.45) is 1.57. The maximum atomic E-state index is 13.0. The van der Waals surface area contributed by atoms with Crippen molar-refractivity contribution in [3.63, 3.8) is 0 Å². The molecule has 0 spiro atoms. The van der Waals surface area contributed by atoms with Crippen LogP contribution in [0.25, 0.3) is 16.8 Å². The Kier molecular flexibility index (Phi) is 6.68. The highest BCUT2D eigenvalue weighted by atomic mass is 16.5. The van der Waals surface area contributed by atoms with E-state index >= 15 is 0 Å². The molecule has 0 unspecified atom stereocenters. The molecule has 0 atom stereocenters. The quantitative estimate of drug-likeness (QED) is 0.273. The Labute approximate surface area is 214 Å². The van der Waals surface area contributed by atoms with Crippen LogP contribution in [-0.4, -0.2) is 29.3 Å². The monoisotopic (exact) mass is 491 g/mol. The van der Waals surface area contributed by atoms with E-state index in [2.05, 4.69) is 28.8 Å². The van der Waals surface area contributed by atoms with Crippen molar-refractivity contribution in [2.24, 2.45) is 0 Å². The molecule has 0 bridgehead atoms. The second kappa shape index (κ2) is 10.4. The second-order valence-corrected chi connectivity index (χ2v) is 8.76. The van der Waals surface area contributed by atoms with Gasteiger partial charge in [0.1, 0.15) is 24.6 Å². The van der Waals surface area contributed by atoms with Gasteiger partial charge in [-0.1, -0.05) is 72.8 Å². The Morgan fingerprint density at radius 2 is 1.70 bits per heavy atom. The van der Waals surface area contributed by atoms with Crippen LogP contribution in [0.1, 0.15) is 16.7 Å². The number of anilines is 1. The molecule has 5 rings (SSSR count). The Hall–Kier alpha value is -4.91. The fourth-order valence-electron chi connectivity index (χ4n) is 4.24. The number of carbonyl (C=O) groups is 3. The number of carbonyl (C=O) groups excluding carboxylic acids is 3. The molecule has 0 radical (unpaired) electrons. The molecule has 4 aromatic carbocycles. The maximum Gasteiger partial charge on any atom is 0.329 e. The normalized spacial score (nSPS) is 14.2. The average molecular weight is 492 g/mol. The molecule has 1 fully saturated rings. The van der Waals surface area contributed by atoms with E-state index in [4.69, 9.17) is 4.74 Å². The van der Waals surface area contributed by atoms with E-state index in [0.29, 0.717) is 23.6 Å². The molecular formula is C30H25N3O4. The molecule has 2 N–H and O–H groups in total. The van der Waals surface area contributed by atoms with Gasteiger partial charge in [0, 0.05) is 11.3 Å². The second-order valence-electron chi connectivity index (χ2n) is 8.76. The Balaban J connectivity index is 1.30. The van der Waals surface area contributed by atoms with Crippen molar-refractivity contribution < 1.29 is 19.1 Å². The third-order valence-electron chi connectivity index (χ3n) is 6.05. The number of amides is 4. The molecule has 4 aromatic rings. The van der Waals surface area contributed by atoms with Gasteiger partial charge in [-0.25, -0.2) is 9.69 Å². The number of aryl methyl sites for hydroxylation is 1. The number of para-hydroxylation sites is 1. The number of nitrogens with zero attached hydrogens (tertiary/aromatic N) is 1. The van der Waals surface area contributed by atoms with Crippen LogP contribution in [0.2, 0.25) is 0 Å². The number of nitrogens with one attached hydrogen (secondary N) is 2. The lowest BCUT2D eigenvalue weighted by atomic mass is 10.1. The fraction of sp³-hybridized carbons (Fsp3) is 0.100. The van der Waals surface area contributed by atoms with Crippen molar-refractivity contribution in [1.82, 2.24) is 10.2 Å². The summed E-state index contributed by atoms with van der Waals surface area (Å²) in [5, 5.41) is 7.53. The topological polar surface area (TPSA) is 87.7 Å². The number of imide groups is 1. The summed E-state index contributed by atoms with van der Waals surface area (Å²) in [6, 6.07) is 28.1. The summed E-state index contributed by atoms with van der Waals surface area (Å²) in [4.78, 5) is 38.8. The Morgan fingerprint density at radius 1 is 0.946 bits per heavy atom. The molecule has 0 aliphatic carbocycles. The third kappa shape index (κ3) is 5.36. The molecule has 1 aliphatic heterocycles. The summed E-state index contributed by atoms with van der Waals surface area (Å²) in [7, 11) is 0. The van der Waals surface area contributed by atoms with Gasteiger partial charge in [-0.05, 0) is 53.1 Å². The molecule has 1 aliphatic rings. The summed E-state index contributed by atoms with van der Waals surface area (Å²) >= 11 is 0. The standard InChI is InChI=1S/C30H25N3O4/c1-20-8-6-13-24(16-20)31-28(34)18-33-29(35)26(32-30(33)36)17-22-10-3-5-15-27(22)37-19-23-12-7-11-21-9-2-4-14-25(21)23/h2-17H,18-19H2,1H3,(H,31,34)(H,32,36)/b26-17+. The van der Waals surface area contributed by atoms with E-state index in [-0.39, 0.29) is 5.70 Å². The van der Waals surface area contributed by atoms with Gasteiger partial charge in [0.25, 0.3) is 5.91 Å². The molecule has 7 nitrogen and oxygen atoms in total. The third-order valence-corrected chi connectivity index (χ3v) is 6.05. The van der Waals surface area contributed by atoms with Crippen molar-refractivity contribution in [3.8, 4) is 5.75 Å². The fourth-order valence-corrected chi connectivity index (χ4v) is 4.24. The summed E-state index contributed by atoms with van der Waals surface area (Å²) in [6.45, 7) is 1.86. The first kappa shape index (κ1) is 23.8. The molecule has 1 saturated heterocycles. The summed E-state index contributed by atoms with van der Waals surface area (Å²) < 4.78 is 6.12. The van der Waals surface area contributed by atoms with Gasteiger partial charge in [0.15, 0.2) is 0 Å². The molecule has 1 heterocycles. The highest BCUT2D eigenvalue weighted by Crippen LogP contribution is 2.25. The van der Waals surface area contributed by atoms with E-state index in [1.165, 1.54) is 0 Å². The van der Waals surface area contributed by atoms with Crippen molar-refractivity contribution in [2.45, 2.75) is 13.5 Å². The summed E-state index contributed by atoms with van der Waals surface area (Å²) in [5.41, 5.74) is 3.34. The minimum atomic E-state index is -0.648. The molecule has 0 aromatic heterocycles. The van der Waals surface area contributed by atoms with Crippen LogP contribution in [-0.2, 0) is 16.2 Å². The van der Waals surface area contributed by atoms with Crippen molar-refractivity contribution >= 4 is 40.4 Å². The first-order chi connectivity index (χ1) is 18.0. The number of fused-ring (bicyclic) bond motifs is 1. The minimum Gasteiger partial charge on any atom is -0.488 e. The van der Waals surface area contributed by atoms with E-state index in [0.717, 1.165) is 26.8 Å². The number of ether oxygens (including phenoxy) is 1. The minimum absolute atomic E-state index is 0.0783. The van der Waals surface area contributed by atoms with E-state index in [1.807, 2.05) is 67.6 Å². The van der Waals surface area contributed by atoms with Crippen molar-refractivity contribution in [2.75, 3.05) is 11.9 Å². The highest BCUT2D eigenvalue weighted by Gasteiger charge is 2.35. The summed E-state index contributed by atoms with van der Waals surface area (Å²) in [5.74, 6) is -0.469. The van der Waals surface area contributed by atoms with Gasteiger partial charge in [-0.3, -0.25) is 9.59 Å². The maximum absolute atomic E-state index is 13.0. The van der Waals surface area contributed by atoms with Crippen LogP contribution >= 0.6 is 0 Å². The van der Waals surface area contributed by atoms with Crippen LogP contribution in [0.3, 0.4) is 0 Å². The largest absolute Gasteiger partial charge is 0.488 e. The van der Waals surface area contributed by atoms with Gasteiger partial charge in [0.05, 0.1) is 0 Å². The predicted octanol–water partition coefficient (Wildman–Crippen LogP) is 5.26. The van der Waals surface area contributed by atoms with Crippen LogP contribution in [0.4, 0.5) is 10.5 Å². The van der Waals surface area contributed by atoms with Crippen LogP contribution in [0, 0.1) is 6.92 Å². The van der Waals surface area contributed by atoms with Gasteiger partial charge in [0.2, 0.25) is 5.91 Å². The lowest BCUT2D eigenvalue weighted by Crippen LogP contribution is -2.38. The SMILES string of the molecule is Cc1cccc(NC(=O)CN2C(=O)N/C(=C/c3ccccc3OCc3cccc4ccccc34)C2=O)c1. The van der Waals surface area contributed by atoms with Crippen molar-refractivity contribution in [3.05, 3.63) is 113 Å². The van der Waals surface area contributed by atoms with Gasteiger partial charge in [-0.15, -0.1) is 0 Å².